The first-order valence-corrected chi connectivity index (χ1v) is 9.47. The lowest BCUT2D eigenvalue weighted by atomic mass is 10.1. The molecule has 0 bridgehead atoms. The highest BCUT2D eigenvalue weighted by Crippen LogP contribution is 2.21. The first kappa shape index (κ1) is 21.3. The third kappa shape index (κ3) is 5.55. The molecule has 1 N–H and O–H groups in total. The summed E-state index contributed by atoms with van der Waals surface area (Å²) in [5.74, 6) is -0.168. The van der Waals surface area contributed by atoms with Crippen molar-refractivity contribution in [2.75, 3.05) is 13.1 Å². The number of nitrogens with one attached hydrogen (secondary N) is 1. The highest BCUT2D eigenvalue weighted by molar-refractivity contribution is 5.74. The summed E-state index contributed by atoms with van der Waals surface area (Å²) in [5, 5.41) is 10.2. The van der Waals surface area contributed by atoms with Crippen molar-refractivity contribution < 1.29 is 18.7 Å². The number of hydrazine groups is 1. The summed E-state index contributed by atoms with van der Waals surface area (Å²) >= 11 is 0. The summed E-state index contributed by atoms with van der Waals surface area (Å²) in [5.41, 5.74) is 4.47. The van der Waals surface area contributed by atoms with Crippen molar-refractivity contribution >= 4 is 11.7 Å². The Hall–Kier alpha value is -3.44. The van der Waals surface area contributed by atoms with E-state index < -0.39 is 17.5 Å². The molecule has 1 aromatic heterocycles. The molecule has 30 heavy (non-hydrogen) atoms. The van der Waals surface area contributed by atoms with Crippen LogP contribution >= 0.6 is 0 Å². The molecular formula is C22H23FN4O3. The van der Waals surface area contributed by atoms with E-state index >= 15 is 0 Å². The van der Waals surface area contributed by atoms with Crippen LogP contribution in [0.5, 0.6) is 5.88 Å². The van der Waals surface area contributed by atoms with Crippen molar-refractivity contribution in [1.29, 1.82) is 5.26 Å². The van der Waals surface area contributed by atoms with Crippen LogP contribution < -0.4 is 10.2 Å². The van der Waals surface area contributed by atoms with E-state index in [0.717, 1.165) is 5.57 Å². The van der Waals surface area contributed by atoms with Gasteiger partial charge < -0.3 is 9.47 Å². The highest BCUT2D eigenvalue weighted by atomic mass is 19.1. The van der Waals surface area contributed by atoms with E-state index in [2.05, 4.69) is 10.4 Å². The fourth-order valence-electron chi connectivity index (χ4n) is 2.76. The number of ether oxygens (including phenoxy) is 2. The van der Waals surface area contributed by atoms with Gasteiger partial charge in [-0.3, -0.25) is 0 Å². The molecule has 8 heteroatoms. The molecule has 1 aromatic carbocycles. The van der Waals surface area contributed by atoms with Crippen molar-refractivity contribution in [3.8, 4) is 11.9 Å². The van der Waals surface area contributed by atoms with Crippen molar-refractivity contribution in [2.24, 2.45) is 0 Å². The molecule has 0 unspecified atom stereocenters. The maximum absolute atomic E-state index is 14.0. The average molecular weight is 410 g/mol. The predicted octanol–water partition coefficient (Wildman–Crippen LogP) is 3.81. The van der Waals surface area contributed by atoms with Crippen LogP contribution in [0.3, 0.4) is 0 Å². The molecule has 7 nitrogen and oxygen atoms in total. The molecule has 156 valence electrons. The first-order valence-electron chi connectivity index (χ1n) is 9.47. The van der Waals surface area contributed by atoms with Gasteiger partial charge in [-0.2, -0.15) is 5.26 Å². The lowest BCUT2D eigenvalue weighted by molar-refractivity contribution is 0.0172. The van der Waals surface area contributed by atoms with Gasteiger partial charge in [0.1, 0.15) is 18.0 Å². The highest BCUT2D eigenvalue weighted by Gasteiger charge is 2.25. The lowest BCUT2D eigenvalue weighted by Gasteiger charge is -2.30. The molecule has 0 fully saturated rings. The molecule has 1 aliphatic rings. The van der Waals surface area contributed by atoms with Gasteiger partial charge in [0, 0.05) is 18.2 Å². The number of halogens is 1. The molecule has 1 amide bonds. The summed E-state index contributed by atoms with van der Waals surface area (Å²) in [6.07, 6.45) is 1.48. The number of carbonyl (C=O) groups excluding carboxylic acids is 1. The summed E-state index contributed by atoms with van der Waals surface area (Å²) in [7, 11) is 0. The van der Waals surface area contributed by atoms with E-state index in [1.54, 1.807) is 12.1 Å². The number of hydrogen-bond donors (Lipinski definition) is 1. The maximum atomic E-state index is 14.0. The predicted molar refractivity (Wildman–Crippen MR) is 109 cm³/mol. The maximum Gasteiger partial charge on any atom is 0.425 e. The summed E-state index contributed by atoms with van der Waals surface area (Å²) in [6.45, 7) is 6.16. The zero-order chi connectivity index (χ0) is 21.7. The number of hydrogen-bond acceptors (Lipinski definition) is 6. The van der Waals surface area contributed by atoms with Crippen LogP contribution in [-0.2, 0) is 11.3 Å². The van der Waals surface area contributed by atoms with Crippen LogP contribution in [0.25, 0.3) is 5.57 Å². The van der Waals surface area contributed by atoms with Crippen LogP contribution in [0, 0.1) is 17.1 Å². The van der Waals surface area contributed by atoms with E-state index in [4.69, 9.17) is 14.7 Å². The van der Waals surface area contributed by atoms with Crippen LogP contribution in [0.2, 0.25) is 0 Å². The van der Waals surface area contributed by atoms with E-state index in [1.807, 2.05) is 39.0 Å². The second kappa shape index (κ2) is 8.93. The largest absolute Gasteiger partial charge is 0.473 e. The molecule has 2 heterocycles. The Labute approximate surface area is 174 Å². The van der Waals surface area contributed by atoms with Crippen LogP contribution in [0.4, 0.5) is 9.18 Å². The second-order valence-electron chi connectivity index (χ2n) is 7.73. The lowest BCUT2D eigenvalue weighted by Crippen LogP contribution is -2.48. The number of amides is 1. The topological polar surface area (TPSA) is 87.5 Å². The van der Waals surface area contributed by atoms with Crippen LogP contribution in [0.1, 0.15) is 37.6 Å². The van der Waals surface area contributed by atoms with Gasteiger partial charge in [0.15, 0.2) is 0 Å². The molecule has 3 rings (SSSR count). The van der Waals surface area contributed by atoms with Crippen molar-refractivity contribution in [2.45, 2.75) is 33.0 Å². The minimum atomic E-state index is -0.590. The first-order chi connectivity index (χ1) is 14.2. The Kier molecular flexibility index (Phi) is 6.33. The minimum Gasteiger partial charge on any atom is -0.473 e. The van der Waals surface area contributed by atoms with Gasteiger partial charge in [-0.25, -0.2) is 24.6 Å². The number of nitrogens with zero attached hydrogens (tertiary/aromatic N) is 3. The third-order valence-corrected chi connectivity index (χ3v) is 4.18. The molecule has 0 saturated carbocycles. The fraction of sp³-hybridized carbons (Fsp3) is 0.318. The molecular weight excluding hydrogens is 387 g/mol. The molecule has 2 aromatic rings. The molecule has 0 atom stereocenters. The molecule has 0 saturated heterocycles. The van der Waals surface area contributed by atoms with Gasteiger partial charge in [0.2, 0.25) is 5.88 Å². The van der Waals surface area contributed by atoms with Crippen molar-refractivity contribution in [3.63, 3.8) is 0 Å². The summed E-state index contributed by atoms with van der Waals surface area (Å²) in [6, 6.07) is 11.4. The minimum absolute atomic E-state index is 0.0152. The zero-order valence-corrected chi connectivity index (χ0v) is 17.1. The van der Waals surface area contributed by atoms with E-state index in [0.29, 0.717) is 23.7 Å². The van der Waals surface area contributed by atoms with Crippen molar-refractivity contribution in [1.82, 2.24) is 15.4 Å². The Morgan fingerprint density at radius 3 is 2.83 bits per heavy atom. The van der Waals surface area contributed by atoms with Gasteiger partial charge in [-0.1, -0.05) is 18.2 Å². The van der Waals surface area contributed by atoms with E-state index in [9.17, 15) is 9.18 Å². The Morgan fingerprint density at radius 1 is 1.33 bits per heavy atom. The number of rotatable bonds is 4. The summed E-state index contributed by atoms with van der Waals surface area (Å²) < 4.78 is 25.1. The molecule has 0 radical (unpaired) electrons. The van der Waals surface area contributed by atoms with Gasteiger partial charge in [-0.15, -0.1) is 0 Å². The smallest absolute Gasteiger partial charge is 0.425 e. The quantitative estimate of drug-likeness (QED) is 0.825. The van der Waals surface area contributed by atoms with E-state index in [1.165, 1.54) is 23.2 Å². The number of nitriles is 1. The molecule has 0 spiro atoms. The number of carbonyl (C=O) groups is 1. The normalized spacial score (nSPS) is 14.0. The Morgan fingerprint density at radius 2 is 2.13 bits per heavy atom. The summed E-state index contributed by atoms with van der Waals surface area (Å²) in [4.78, 5) is 16.8. The van der Waals surface area contributed by atoms with Crippen LogP contribution in [-0.4, -0.2) is 34.8 Å². The van der Waals surface area contributed by atoms with Gasteiger partial charge in [0.05, 0.1) is 23.9 Å². The van der Waals surface area contributed by atoms with Gasteiger partial charge in [-0.05, 0) is 44.5 Å². The SMILES string of the molecule is CC(C)(C)OC(=O)N1CC(c2cccc(OCc3ccc(C#N)cc3F)n2)=CCN1. The Bertz CT molecular complexity index is 1010. The fourth-order valence-corrected chi connectivity index (χ4v) is 2.76. The van der Waals surface area contributed by atoms with E-state index in [-0.39, 0.29) is 18.7 Å². The van der Waals surface area contributed by atoms with Gasteiger partial charge in [0.25, 0.3) is 0 Å². The monoisotopic (exact) mass is 410 g/mol. The second-order valence-corrected chi connectivity index (χ2v) is 7.73. The van der Waals surface area contributed by atoms with Crippen LogP contribution in [0.15, 0.2) is 42.5 Å². The average Bonchev–Trinajstić information content (AvgIpc) is 2.72. The number of aromatic nitrogens is 1. The van der Waals surface area contributed by atoms with Gasteiger partial charge >= 0.3 is 6.09 Å². The molecule has 0 aliphatic carbocycles. The van der Waals surface area contributed by atoms with Crippen molar-refractivity contribution in [3.05, 3.63) is 65.1 Å². The number of benzene rings is 1. The number of pyridine rings is 1. The zero-order valence-electron chi connectivity index (χ0n) is 17.1. The standard InChI is InChI=1S/C22H23FN4O3/c1-22(2,3)30-21(28)27-13-16(9-10-25-27)19-5-4-6-20(26-19)29-14-17-8-7-15(12-24)11-18(17)23/h4-9,11,25H,10,13-14H2,1-3H3. The molecule has 1 aliphatic heterocycles. The Balaban J connectivity index is 1.67. The third-order valence-electron chi connectivity index (χ3n) is 4.18.